The van der Waals surface area contributed by atoms with E-state index in [0.717, 1.165) is 62.0 Å². The Morgan fingerprint density at radius 2 is 2.17 bits per heavy atom. The number of carbonyl (C=O) groups excluding carboxylic acids is 1. The van der Waals surface area contributed by atoms with Gasteiger partial charge in [0, 0.05) is 44.2 Å². The molecule has 0 bridgehead atoms. The molecule has 0 aromatic heterocycles. The van der Waals surface area contributed by atoms with E-state index in [4.69, 9.17) is 11.6 Å². The van der Waals surface area contributed by atoms with Gasteiger partial charge in [0.2, 0.25) is 5.91 Å². The van der Waals surface area contributed by atoms with Gasteiger partial charge in [-0.05, 0) is 37.8 Å². The summed E-state index contributed by atoms with van der Waals surface area (Å²) in [5.74, 6) is 1.10. The molecule has 0 spiro atoms. The van der Waals surface area contributed by atoms with Crippen LogP contribution in [0.5, 0.6) is 0 Å². The van der Waals surface area contributed by atoms with Gasteiger partial charge in [-0.3, -0.25) is 9.79 Å². The monoisotopic (exact) mass is 350 g/mol. The first-order chi connectivity index (χ1) is 11.7. The third kappa shape index (κ3) is 6.04. The van der Waals surface area contributed by atoms with Gasteiger partial charge in [0.15, 0.2) is 5.96 Å². The van der Waals surface area contributed by atoms with Crippen molar-refractivity contribution in [2.75, 3.05) is 32.7 Å². The van der Waals surface area contributed by atoms with Crippen LogP contribution in [0.25, 0.3) is 0 Å². The van der Waals surface area contributed by atoms with E-state index in [0.29, 0.717) is 13.0 Å². The van der Waals surface area contributed by atoms with Gasteiger partial charge >= 0.3 is 0 Å². The maximum Gasteiger partial charge on any atom is 0.222 e. The third-order valence-electron chi connectivity index (χ3n) is 4.02. The highest BCUT2D eigenvalue weighted by atomic mass is 35.5. The molecule has 1 fully saturated rings. The fourth-order valence-electron chi connectivity index (χ4n) is 2.75. The molecule has 2 N–H and O–H groups in total. The lowest BCUT2D eigenvalue weighted by molar-refractivity contribution is -0.127. The van der Waals surface area contributed by atoms with E-state index in [1.807, 2.05) is 36.1 Å². The highest BCUT2D eigenvalue weighted by molar-refractivity contribution is 6.31. The number of nitrogens with zero attached hydrogens (tertiary/aromatic N) is 2. The Morgan fingerprint density at radius 3 is 2.88 bits per heavy atom. The first-order valence-corrected chi connectivity index (χ1v) is 9.12. The molecule has 5 nitrogen and oxygen atoms in total. The maximum atomic E-state index is 11.6. The van der Waals surface area contributed by atoms with E-state index in [1.165, 1.54) is 0 Å². The van der Waals surface area contributed by atoms with Crippen LogP contribution in [0.1, 0.15) is 31.7 Å². The van der Waals surface area contributed by atoms with Crippen molar-refractivity contribution in [3.63, 3.8) is 0 Å². The molecule has 0 aliphatic carbocycles. The summed E-state index contributed by atoms with van der Waals surface area (Å²) >= 11 is 6.17. The number of guanidine groups is 1. The van der Waals surface area contributed by atoms with Gasteiger partial charge in [-0.1, -0.05) is 29.8 Å². The predicted molar refractivity (Wildman–Crippen MR) is 99.6 cm³/mol. The fraction of sp³-hybridized carbons (Fsp3) is 0.556. The zero-order valence-electron chi connectivity index (χ0n) is 14.4. The quantitative estimate of drug-likeness (QED) is 0.430. The van der Waals surface area contributed by atoms with E-state index >= 15 is 0 Å². The molecule has 0 atom stereocenters. The molecule has 132 valence electrons. The van der Waals surface area contributed by atoms with Crippen LogP contribution in [0.15, 0.2) is 29.3 Å². The highest BCUT2D eigenvalue weighted by Gasteiger charge is 2.18. The van der Waals surface area contributed by atoms with Crippen molar-refractivity contribution in [1.82, 2.24) is 15.5 Å². The highest BCUT2D eigenvalue weighted by Crippen LogP contribution is 2.14. The summed E-state index contributed by atoms with van der Waals surface area (Å²) in [5, 5.41) is 7.38. The van der Waals surface area contributed by atoms with Gasteiger partial charge in [0.05, 0.1) is 0 Å². The van der Waals surface area contributed by atoms with Crippen LogP contribution < -0.4 is 10.6 Å². The molecular formula is C18H27ClN4O. The minimum Gasteiger partial charge on any atom is -0.357 e. The van der Waals surface area contributed by atoms with Crippen molar-refractivity contribution in [3.8, 4) is 0 Å². The third-order valence-corrected chi connectivity index (χ3v) is 4.39. The zero-order chi connectivity index (χ0) is 17.2. The second kappa shape index (κ2) is 10.2. The van der Waals surface area contributed by atoms with Crippen molar-refractivity contribution < 1.29 is 4.79 Å². The molecule has 1 aromatic carbocycles. The average Bonchev–Trinajstić information content (AvgIpc) is 2.98. The Labute approximate surface area is 149 Å². The summed E-state index contributed by atoms with van der Waals surface area (Å²) in [5.41, 5.74) is 1.13. The van der Waals surface area contributed by atoms with Gasteiger partial charge in [0.25, 0.3) is 0 Å². The van der Waals surface area contributed by atoms with E-state index in [1.54, 1.807) is 0 Å². The van der Waals surface area contributed by atoms with E-state index < -0.39 is 0 Å². The maximum absolute atomic E-state index is 11.6. The van der Waals surface area contributed by atoms with Crippen LogP contribution in [0.2, 0.25) is 5.02 Å². The number of rotatable bonds is 8. The number of nitrogens with one attached hydrogen (secondary N) is 2. The summed E-state index contributed by atoms with van der Waals surface area (Å²) in [6.45, 7) is 6.07. The molecule has 2 rings (SSSR count). The van der Waals surface area contributed by atoms with Crippen LogP contribution in [0.4, 0.5) is 0 Å². The molecule has 6 heteroatoms. The zero-order valence-corrected chi connectivity index (χ0v) is 15.1. The number of likely N-dealkylation sites (tertiary alicyclic amines) is 1. The topological polar surface area (TPSA) is 56.7 Å². The lowest BCUT2D eigenvalue weighted by atomic mass is 10.1. The van der Waals surface area contributed by atoms with Crippen molar-refractivity contribution in [2.24, 2.45) is 4.99 Å². The van der Waals surface area contributed by atoms with Crippen molar-refractivity contribution >= 4 is 23.5 Å². The summed E-state index contributed by atoms with van der Waals surface area (Å²) < 4.78 is 0. The van der Waals surface area contributed by atoms with Crippen LogP contribution in [-0.2, 0) is 11.2 Å². The molecule has 1 amide bonds. The van der Waals surface area contributed by atoms with Gasteiger partial charge in [-0.25, -0.2) is 0 Å². The van der Waals surface area contributed by atoms with Crippen LogP contribution in [0, 0.1) is 0 Å². The summed E-state index contributed by atoms with van der Waals surface area (Å²) in [4.78, 5) is 18.1. The van der Waals surface area contributed by atoms with Gasteiger partial charge in [-0.15, -0.1) is 0 Å². The van der Waals surface area contributed by atoms with Crippen molar-refractivity contribution in [2.45, 2.75) is 32.6 Å². The number of aliphatic imine (C=N–C) groups is 1. The lowest BCUT2D eigenvalue weighted by Crippen LogP contribution is -2.38. The minimum absolute atomic E-state index is 0.281. The molecule has 1 heterocycles. The number of halogens is 1. The smallest absolute Gasteiger partial charge is 0.222 e. The molecule has 1 aliphatic heterocycles. The minimum atomic E-state index is 0.281. The number of carbonyl (C=O) groups is 1. The molecule has 0 unspecified atom stereocenters. The molecule has 0 radical (unpaired) electrons. The van der Waals surface area contributed by atoms with Crippen molar-refractivity contribution in [1.29, 1.82) is 0 Å². The SMILES string of the molecule is CCNC(=NCCCN1CCCC1=O)NCCc1ccccc1Cl. The molecule has 1 aromatic rings. The molecule has 24 heavy (non-hydrogen) atoms. The first kappa shape index (κ1) is 18.6. The lowest BCUT2D eigenvalue weighted by Gasteiger charge is -2.15. The first-order valence-electron chi connectivity index (χ1n) is 8.74. The molecule has 1 saturated heterocycles. The number of hydrogen-bond acceptors (Lipinski definition) is 2. The fourth-order valence-corrected chi connectivity index (χ4v) is 2.98. The molecule has 0 saturated carbocycles. The second-order valence-electron chi connectivity index (χ2n) is 5.87. The average molecular weight is 351 g/mol. The molecule has 1 aliphatic rings. The summed E-state index contributed by atoms with van der Waals surface area (Å²) in [6.07, 6.45) is 3.45. The predicted octanol–water partition coefficient (Wildman–Crippen LogP) is 2.45. The van der Waals surface area contributed by atoms with Gasteiger partial charge in [-0.2, -0.15) is 0 Å². The Morgan fingerprint density at radius 1 is 1.33 bits per heavy atom. The van der Waals surface area contributed by atoms with E-state index in [2.05, 4.69) is 15.6 Å². The normalized spacial score (nSPS) is 15.0. The van der Waals surface area contributed by atoms with Crippen molar-refractivity contribution in [3.05, 3.63) is 34.9 Å². The van der Waals surface area contributed by atoms with Gasteiger partial charge in [0.1, 0.15) is 0 Å². The largest absolute Gasteiger partial charge is 0.357 e. The number of hydrogen-bond donors (Lipinski definition) is 2. The van der Waals surface area contributed by atoms with Gasteiger partial charge < -0.3 is 15.5 Å². The van der Waals surface area contributed by atoms with Crippen LogP contribution >= 0.6 is 11.6 Å². The standard InChI is InChI=1S/C18H27ClN4O/c1-2-20-18(21-11-6-14-23-13-5-9-17(23)24)22-12-10-15-7-3-4-8-16(15)19/h3-4,7-8H,2,5-6,9-14H2,1H3,(H2,20,21,22). The van der Waals surface area contributed by atoms with Crippen LogP contribution in [0.3, 0.4) is 0 Å². The second-order valence-corrected chi connectivity index (χ2v) is 6.27. The van der Waals surface area contributed by atoms with Crippen LogP contribution in [-0.4, -0.2) is 49.5 Å². The Bertz CT molecular complexity index is 562. The Kier molecular flexibility index (Phi) is 7.89. The summed E-state index contributed by atoms with van der Waals surface area (Å²) in [6, 6.07) is 7.90. The Hall–Kier alpha value is -1.75. The molecular weight excluding hydrogens is 324 g/mol. The number of benzene rings is 1. The Balaban J connectivity index is 1.72. The number of amides is 1. The van der Waals surface area contributed by atoms with E-state index in [-0.39, 0.29) is 5.91 Å². The van der Waals surface area contributed by atoms with E-state index in [9.17, 15) is 4.79 Å². The summed E-state index contributed by atoms with van der Waals surface area (Å²) in [7, 11) is 0.